The molecule has 0 aromatic heterocycles. The van der Waals surface area contributed by atoms with Gasteiger partial charge in [-0.3, -0.25) is 19.2 Å². The number of carboxylic acids is 2. The lowest BCUT2D eigenvalue weighted by molar-refractivity contribution is -0.152. The van der Waals surface area contributed by atoms with Gasteiger partial charge in [-0.25, -0.2) is 4.79 Å². The molecule has 7 atom stereocenters. The van der Waals surface area contributed by atoms with Crippen molar-refractivity contribution < 1.29 is 49.1 Å². The summed E-state index contributed by atoms with van der Waals surface area (Å²) in [7, 11) is 0. The van der Waals surface area contributed by atoms with Crippen LogP contribution in [0.3, 0.4) is 0 Å². The minimum atomic E-state index is -1.44. The molecule has 14 heteroatoms. The third-order valence-corrected chi connectivity index (χ3v) is 5.07. The maximum absolute atomic E-state index is 12.5. The van der Waals surface area contributed by atoms with Crippen LogP contribution < -0.4 is 21.3 Å². The molecule has 0 aliphatic carbocycles. The van der Waals surface area contributed by atoms with Gasteiger partial charge >= 0.3 is 11.9 Å². The Kier molecular flexibility index (Phi) is 11.1. The fraction of sp³-hybridized carbons (Fsp3) is 0.737. The lowest BCUT2D eigenvalue weighted by atomic mass is 9.94. The van der Waals surface area contributed by atoms with Gasteiger partial charge < -0.3 is 46.4 Å². The number of nitrogens with one attached hydrogen (secondary N) is 4. The van der Waals surface area contributed by atoms with Gasteiger partial charge in [0.15, 0.2) is 0 Å². The zero-order valence-corrected chi connectivity index (χ0v) is 18.6. The number of aliphatic carboxylic acids is 2. The number of hydrogen-bond donors (Lipinski definition) is 8. The minimum Gasteiger partial charge on any atom is -0.481 e. The number of amides is 3. The standard InChI is InChI=1S/C19H32N4O10/c1-8(17(29)23-11(19(31)32)4-5-14(26)27)21-18(30)9(2)33-16-12(22-10(3)25)6-20-13(7-24)15(16)28/h8-9,11-13,15-16,20,24,28H,4-7H2,1-3H3,(H,21,30)(H,22,25)(H,23,29)(H,26,27)(H,31,32)/t8-,9+,11+,12-,13+,15+,16+/m0/s1. The molecule has 1 aliphatic heterocycles. The normalized spacial score (nSPS) is 25.2. The number of carboxylic acid groups (broad SMARTS) is 2. The van der Waals surface area contributed by atoms with Crippen molar-refractivity contribution in [1.82, 2.24) is 21.3 Å². The lowest BCUT2D eigenvalue weighted by Crippen LogP contribution is -2.66. The number of ether oxygens (including phenoxy) is 1. The zero-order valence-electron chi connectivity index (χ0n) is 18.6. The molecule has 0 saturated carbocycles. The molecule has 0 spiro atoms. The molecular weight excluding hydrogens is 444 g/mol. The predicted molar refractivity (Wildman–Crippen MR) is 111 cm³/mol. The van der Waals surface area contributed by atoms with Crippen LogP contribution in [0.2, 0.25) is 0 Å². The Morgan fingerprint density at radius 1 is 1.09 bits per heavy atom. The van der Waals surface area contributed by atoms with Gasteiger partial charge in [0.2, 0.25) is 17.7 Å². The van der Waals surface area contributed by atoms with E-state index in [0.717, 1.165) is 0 Å². The van der Waals surface area contributed by atoms with Gasteiger partial charge in [0.05, 0.1) is 24.8 Å². The maximum atomic E-state index is 12.5. The van der Waals surface area contributed by atoms with E-state index in [1.54, 1.807) is 0 Å². The van der Waals surface area contributed by atoms with Crippen LogP contribution >= 0.6 is 0 Å². The van der Waals surface area contributed by atoms with E-state index in [1.165, 1.54) is 20.8 Å². The summed E-state index contributed by atoms with van der Waals surface area (Å²) in [5, 5.41) is 47.7. The van der Waals surface area contributed by atoms with E-state index >= 15 is 0 Å². The molecule has 8 N–H and O–H groups in total. The van der Waals surface area contributed by atoms with E-state index in [0.29, 0.717) is 0 Å². The Labute approximate surface area is 190 Å². The number of aliphatic hydroxyl groups excluding tert-OH is 2. The topological polar surface area (TPSA) is 224 Å². The van der Waals surface area contributed by atoms with Crippen molar-refractivity contribution in [3.05, 3.63) is 0 Å². The largest absolute Gasteiger partial charge is 0.481 e. The second kappa shape index (κ2) is 13.0. The van der Waals surface area contributed by atoms with Crippen molar-refractivity contribution in [2.24, 2.45) is 0 Å². The second-order valence-electron chi connectivity index (χ2n) is 7.80. The fourth-order valence-corrected chi connectivity index (χ4v) is 3.24. The summed E-state index contributed by atoms with van der Waals surface area (Å²) in [6, 6.07) is -4.05. The first-order valence-electron chi connectivity index (χ1n) is 10.4. The second-order valence-corrected chi connectivity index (χ2v) is 7.80. The van der Waals surface area contributed by atoms with Crippen molar-refractivity contribution in [1.29, 1.82) is 0 Å². The molecule has 188 valence electrons. The van der Waals surface area contributed by atoms with Crippen molar-refractivity contribution in [2.45, 2.75) is 76.1 Å². The number of hydrogen-bond acceptors (Lipinski definition) is 9. The summed E-state index contributed by atoms with van der Waals surface area (Å²) >= 11 is 0. The SMILES string of the molecule is CC(=O)N[C@H]1CN[C@H](CO)[C@@H](O)[C@@H]1O[C@H](C)C(=O)N[C@@H](C)C(=O)N[C@H](CCC(=O)O)C(=O)O. The third-order valence-electron chi connectivity index (χ3n) is 5.07. The van der Waals surface area contributed by atoms with E-state index in [4.69, 9.17) is 14.9 Å². The number of piperidine rings is 1. The third kappa shape index (κ3) is 8.92. The first kappa shape index (κ1) is 28.2. The molecule has 0 unspecified atom stereocenters. The number of rotatable bonds is 12. The highest BCUT2D eigenvalue weighted by Crippen LogP contribution is 2.17. The molecule has 0 aromatic carbocycles. The van der Waals surface area contributed by atoms with E-state index in [1.807, 2.05) is 0 Å². The van der Waals surface area contributed by atoms with Crippen molar-refractivity contribution in [3.63, 3.8) is 0 Å². The van der Waals surface area contributed by atoms with Gasteiger partial charge in [-0.1, -0.05) is 0 Å². The molecule has 0 radical (unpaired) electrons. The predicted octanol–water partition coefficient (Wildman–Crippen LogP) is -3.47. The Balaban J connectivity index is 2.74. The molecular formula is C19H32N4O10. The van der Waals surface area contributed by atoms with E-state index in [-0.39, 0.29) is 18.9 Å². The zero-order chi connectivity index (χ0) is 25.3. The molecule has 1 saturated heterocycles. The average molecular weight is 476 g/mol. The Morgan fingerprint density at radius 2 is 1.73 bits per heavy atom. The Morgan fingerprint density at radius 3 is 2.24 bits per heavy atom. The number of carbonyl (C=O) groups is 5. The summed E-state index contributed by atoms with van der Waals surface area (Å²) in [6.45, 7) is 3.71. The highest BCUT2D eigenvalue weighted by Gasteiger charge is 2.41. The smallest absolute Gasteiger partial charge is 0.326 e. The monoisotopic (exact) mass is 476 g/mol. The molecule has 33 heavy (non-hydrogen) atoms. The van der Waals surface area contributed by atoms with Gasteiger partial charge in [-0.2, -0.15) is 0 Å². The Hall–Kier alpha value is -2.81. The van der Waals surface area contributed by atoms with Crippen LogP contribution in [0.5, 0.6) is 0 Å². The van der Waals surface area contributed by atoms with Crippen LogP contribution in [0.4, 0.5) is 0 Å². The first-order chi connectivity index (χ1) is 15.4. The molecule has 3 amide bonds. The van der Waals surface area contributed by atoms with Gasteiger partial charge in [-0.05, 0) is 20.3 Å². The van der Waals surface area contributed by atoms with Crippen LogP contribution in [-0.4, -0.2) is 106 Å². The van der Waals surface area contributed by atoms with E-state index in [2.05, 4.69) is 21.3 Å². The fourth-order valence-electron chi connectivity index (χ4n) is 3.24. The minimum absolute atomic E-state index is 0.173. The van der Waals surface area contributed by atoms with Gasteiger partial charge in [0.25, 0.3) is 0 Å². The van der Waals surface area contributed by atoms with E-state index in [9.17, 15) is 34.2 Å². The van der Waals surface area contributed by atoms with Crippen molar-refractivity contribution >= 4 is 29.7 Å². The number of carbonyl (C=O) groups excluding carboxylic acids is 3. The van der Waals surface area contributed by atoms with E-state index < -0.39 is 79.3 Å². The summed E-state index contributed by atoms with van der Waals surface area (Å²) in [5.41, 5.74) is 0. The molecule has 1 aliphatic rings. The van der Waals surface area contributed by atoms with Crippen LogP contribution in [0.15, 0.2) is 0 Å². The summed E-state index contributed by atoms with van der Waals surface area (Å²) < 4.78 is 5.66. The van der Waals surface area contributed by atoms with Crippen LogP contribution in [0.1, 0.15) is 33.6 Å². The summed E-state index contributed by atoms with van der Waals surface area (Å²) in [4.78, 5) is 58.1. The first-order valence-corrected chi connectivity index (χ1v) is 10.4. The highest BCUT2D eigenvalue weighted by atomic mass is 16.5. The molecule has 1 fully saturated rings. The molecule has 14 nitrogen and oxygen atoms in total. The Bertz CT molecular complexity index is 733. The van der Waals surface area contributed by atoms with Crippen LogP contribution in [0.25, 0.3) is 0 Å². The van der Waals surface area contributed by atoms with Gasteiger partial charge in [-0.15, -0.1) is 0 Å². The molecule has 0 bridgehead atoms. The summed E-state index contributed by atoms with van der Waals surface area (Å²) in [6.07, 6.45) is -4.27. The van der Waals surface area contributed by atoms with Gasteiger partial charge in [0, 0.05) is 19.9 Å². The number of aliphatic hydroxyl groups is 2. The van der Waals surface area contributed by atoms with Crippen LogP contribution in [0, 0.1) is 0 Å². The van der Waals surface area contributed by atoms with Gasteiger partial charge in [0.1, 0.15) is 24.3 Å². The lowest BCUT2D eigenvalue weighted by Gasteiger charge is -2.41. The highest BCUT2D eigenvalue weighted by molar-refractivity contribution is 5.91. The van der Waals surface area contributed by atoms with Crippen molar-refractivity contribution in [2.75, 3.05) is 13.2 Å². The molecule has 1 rings (SSSR count). The molecule has 0 aromatic rings. The maximum Gasteiger partial charge on any atom is 0.326 e. The summed E-state index contributed by atoms with van der Waals surface area (Å²) in [5.74, 6) is -4.61. The quantitative estimate of drug-likeness (QED) is 0.138. The molecule has 1 heterocycles. The van der Waals surface area contributed by atoms with Crippen LogP contribution in [-0.2, 0) is 28.7 Å². The average Bonchev–Trinajstić information content (AvgIpc) is 2.72. The van der Waals surface area contributed by atoms with Crippen molar-refractivity contribution in [3.8, 4) is 0 Å².